The number of hydrogen-bond donors (Lipinski definition) is 2. The molecule has 1 heterocycles. The molecule has 76 valence electrons. The van der Waals surface area contributed by atoms with Crippen molar-refractivity contribution in [3.63, 3.8) is 0 Å². The topological polar surface area (TPSA) is 70.2 Å². The van der Waals surface area contributed by atoms with Crippen LogP contribution in [-0.2, 0) is 0 Å². The van der Waals surface area contributed by atoms with Gasteiger partial charge in [-0.3, -0.25) is 10.2 Å². The highest BCUT2D eigenvalue weighted by molar-refractivity contribution is 8.26. The van der Waals surface area contributed by atoms with Gasteiger partial charge in [0.25, 0.3) is 5.24 Å². The zero-order chi connectivity index (χ0) is 8.97. The summed E-state index contributed by atoms with van der Waals surface area (Å²) in [6.45, 7) is 1.64. The predicted molar refractivity (Wildman–Crippen MR) is 57.6 cm³/mol. The Kier molecular flexibility index (Phi) is 5.90. The average Bonchev–Trinajstić information content (AvgIpc) is 2.05. The van der Waals surface area contributed by atoms with Gasteiger partial charge in [0.15, 0.2) is 5.17 Å². The van der Waals surface area contributed by atoms with Gasteiger partial charge >= 0.3 is 0 Å². The van der Waals surface area contributed by atoms with Crippen molar-refractivity contribution in [1.82, 2.24) is 4.90 Å². The van der Waals surface area contributed by atoms with Crippen molar-refractivity contribution in [3.05, 3.63) is 0 Å². The van der Waals surface area contributed by atoms with E-state index in [0.717, 1.165) is 37.7 Å². The quantitative estimate of drug-likeness (QED) is 0.485. The first-order valence-electron chi connectivity index (χ1n) is 4.01. The molecule has 1 rings (SSSR count). The maximum atomic E-state index is 11.3. The molecule has 0 unspecified atom stereocenters. The number of nitrogens with one attached hydrogen (secondary N) is 1. The van der Waals surface area contributed by atoms with Crippen LogP contribution in [0, 0.1) is 5.41 Å². The normalized spacial score (nSPS) is 16.2. The molecule has 0 atom stereocenters. The van der Waals surface area contributed by atoms with Crippen LogP contribution >= 0.6 is 24.2 Å². The van der Waals surface area contributed by atoms with Gasteiger partial charge < -0.3 is 10.6 Å². The third kappa shape index (κ3) is 4.38. The Hall–Kier alpha value is -0.420. The molecule has 0 saturated carbocycles. The predicted octanol–water partition coefficient (Wildman–Crippen LogP) is 1.64. The Morgan fingerprint density at radius 1 is 1.31 bits per heavy atom. The fraction of sp³-hybridized carbons (Fsp3) is 0.714. The second-order valence-electron chi connectivity index (χ2n) is 2.78. The van der Waals surface area contributed by atoms with Crippen molar-refractivity contribution in [2.45, 2.75) is 19.3 Å². The lowest BCUT2D eigenvalue weighted by Crippen LogP contribution is -2.34. The van der Waals surface area contributed by atoms with Crippen LogP contribution in [0.4, 0.5) is 4.79 Å². The summed E-state index contributed by atoms with van der Waals surface area (Å²) in [5.41, 5.74) is 5.10. The second kappa shape index (κ2) is 6.10. The van der Waals surface area contributed by atoms with Crippen LogP contribution in [0.25, 0.3) is 0 Å². The van der Waals surface area contributed by atoms with E-state index in [0.29, 0.717) is 0 Å². The number of nitrogens with zero attached hydrogens (tertiary/aromatic N) is 1. The summed E-state index contributed by atoms with van der Waals surface area (Å²) in [4.78, 5) is 13.0. The molecule has 0 aliphatic carbocycles. The largest absolute Gasteiger partial charge is 0.378 e. The molecule has 1 aliphatic heterocycles. The summed E-state index contributed by atoms with van der Waals surface area (Å²) in [6.07, 6.45) is 3.35. The van der Waals surface area contributed by atoms with Crippen molar-refractivity contribution in [1.29, 1.82) is 5.41 Å². The number of thioether (sulfide) groups is 1. The molecular weight excluding hydrogens is 210 g/mol. The number of hydrogen-bond acceptors (Lipinski definition) is 3. The number of rotatable bonds is 0. The summed E-state index contributed by atoms with van der Waals surface area (Å²) in [5, 5.41) is 6.74. The summed E-state index contributed by atoms with van der Waals surface area (Å²) in [6, 6.07) is 0. The van der Waals surface area contributed by atoms with E-state index in [2.05, 4.69) is 0 Å². The first kappa shape index (κ1) is 12.6. The van der Waals surface area contributed by atoms with E-state index in [1.54, 1.807) is 4.90 Å². The number of halogens is 1. The van der Waals surface area contributed by atoms with Gasteiger partial charge in [0, 0.05) is 24.9 Å². The van der Waals surface area contributed by atoms with Crippen molar-refractivity contribution < 1.29 is 4.79 Å². The number of amides is 1. The molecule has 4 nitrogen and oxygen atoms in total. The Labute approximate surface area is 88.1 Å². The third-order valence-electron chi connectivity index (χ3n) is 1.81. The van der Waals surface area contributed by atoms with Gasteiger partial charge in [-0.2, -0.15) is 0 Å². The van der Waals surface area contributed by atoms with Gasteiger partial charge in [0.2, 0.25) is 0 Å². The number of piperidine rings is 1. The van der Waals surface area contributed by atoms with E-state index in [-0.39, 0.29) is 22.8 Å². The maximum Gasteiger partial charge on any atom is 0.289 e. The van der Waals surface area contributed by atoms with Crippen molar-refractivity contribution in [3.8, 4) is 0 Å². The van der Waals surface area contributed by atoms with E-state index >= 15 is 0 Å². The lowest BCUT2D eigenvalue weighted by atomic mass is 10.1. The SMILES string of the molecule is Cl.N=C(N)SC(=O)N1CCCCC1. The second-order valence-corrected chi connectivity index (χ2v) is 3.77. The fourth-order valence-electron chi connectivity index (χ4n) is 1.24. The highest BCUT2D eigenvalue weighted by Gasteiger charge is 2.17. The van der Waals surface area contributed by atoms with Gasteiger partial charge in [-0.25, -0.2) is 0 Å². The molecule has 3 N–H and O–H groups in total. The maximum absolute atomic E-state index is 11.3. The monoisotopic (exact) mass is 223 g/mol. The number of carbonyl (C=O) groups excluding carboxylic acids is 1. The molecule has 1 amide bonds. The molecule has 0 aromatic carbocycles. The summed E-state index contributed by atoms with van der Waals surface area (Å²) < 4.78 is 0. The van der Waals surface area contributed by atoms with E-state index in [4.69, 9.17) is 11.1 Å². The Balaban J connectivity index is 0.00000144. The third-order valence-corrected chi connectivity index (χ3v) is 2.46. The summed E-state index contributed by atoms with van der Waals surface area (Å²) in [5.74, 6) is 0. The minimum atomic E-state index is -0.120. The smallest absolute Gasteiger partial charge is 0.289 e. The summed E-state index contributed by atoms with van der Waals surface area (Å²) >= 11 is 0.809. The molecule has 1 fully saturated rings. The minimum absolute atomic E-state index is 0. The Morgan fingerprint density at radius 2 is 1.85 bits per heavy atom. The molecule has 0 radical (unpaired) electrons. The zero-order valence-corrected chi connectivity index (χ0v) is 8.92. The van der Waals surface area contributed by atoms with Crippen molar-refractivity contribution in [2.24, 2.45) is 5.73 Å². The van der Waals surface area contributed by atoms with Crippen LogP contribution in [-0.4, -0.2) is 28.4 Å². The average molecular weight is 224 g/mol. The van der Waals surface area contributed by atoms with Gasteiger partial charge in [0.1, 0.15) is 0 Å². The number of amidine groups is 1. The van der Waals surface area contributed by atoms with E-state index in [9.17, 15) is 4.79 Å². The van der Waals surface area contributed by atoms with Crippen LogP contribution in [0.1, 0.15) is 19.3 Å². The van der Waals surface area contributed by atoms with Gasteiger partial charge in [-0.05, 0) is 19.3 Å². The Morgan fingerprint density at radius 3 is 2.31 bits per heavy atom. The molecular formula is C7H14ClN3OS. The van der Waals surface area contributed by atoms with Crippen LogP contribution in [0.2, 0.25) is 0 Å². The number of likely N-dealkylation sites (tertiary alicyclic amines) is 1. The lowest BCUT2D eigenvalue weighted by Gasteiger charge is -2.25. The molecule has 6 heteroatoms. The molecule has 0 spiro atoms. The first-order valence-corrected chi connectivity index (χ1v) is 4.82. The fourth-order valence-corrected chi connectivity index (χ4v) is 1.73. The van der Waals surface area contributed by atoms with Crippen LogP contribution in [0.3, 0.4) is 0 Å². The molecule has 1 aliphatic rings. The first-order chi connectivity index (χ1) is 5.70. The standard InChI is InChI=1S/C7H13N3OS.ClH/c8-6(9)12-7(11)10-4-2-1-3-5-10;/h1-5H2,(H3,8,9);1H. The van der Waals surface area contributed by atoms with E-state index < -0.39 is 0 Å². The van der Waals surface area contributed by atoms with Gasteiger partial charge in [-0.1, -0.05) is 0 Å². The highest BCUT2D eigenvalue weighted by atomic mass is 35.5. The Bertz CT molecular complexity index is 194. The number of nitrogens with two attached hydrogens (primary N) is 1. The highest BCUT2D eigenvalue weighted by Crippen LogP contribution is 2.14. The van der Waals surface area contributed by atoms with Crippen LogP contribution in [0.5, 0.6) is 0 Å². The zero-order valence-electron chi connectivity index (χ0n) is 7.28. The summed E-state index contributed by atoms with van der Waals surface area (Å²) in [7, 11) is 0. The molecule has 1 saturated heterocycles. The van der Waals surface area contributed by atoms with E-state index in [1.165, 1.54) is 6.42 Å². The van der Waals surface area contributed by atoms with Gasteiger partial charge in [0.05, 0.1) is 0 Å². The van der Waals surface area contributed by atoms with E-state index in [1.807, 2.05) is 0 Å². The van der Waals surface area contributed by atoms with Crippen LogP contribution < -0.4 is 5.73 Å². The number of carbonyl (C=O) groups is 1. The van der Waals surface area contributed by atoms with Crippen LogP contribution in [0.15, 0.2) is 0 Å². The minimum Gasteiger partial charge on any atom is -0.378 e. The molecule has 0 bridgehead atoms. The molecule has 0 aromatic rings. The molecule has 0 aromatic heterocycles. The molecule has 13 heavy (non-hydrogen) atoms. The van der Waals surface area contributed by atoms with Crippen molar-refractivity contribution in [2.75, 3.05) is 13.1 Å². The van der Waals surface area contributed by atoms with Crippen molar-refractivity contribution >= 4 is 34.6 Å². The lowest BCUT2D eigenvalue weighted by molar-refractivity contribution is 0.211. The van der Waals surface area contributed by atoms with Gasteiger partial charge in [-0.15, -0.1) is 12.4 Å².